The summed E-state index contributed by atoms with van der Waals surface area (Å²) >= 11 is 0. The summed E-state index contributed by atoms with van der Waals surface area (Å²) in [4.78, 5) is 27.7. The van der Waals surface area contributed by atoms with Gasteiger partial charge in [0, 0.05) is 19.0 Å². The van der Waals surface area contributed by atoms with Crippen LogP contribution in [0.25, 0.3) is 0 Å². The number of carboxylic acid groups (broad SMARTS) is 1. The second kappa shape index (κ2) is 12.1. The van der Waals surface area contributed by atoms with Crippen LogP contribution in [0.4, 0.5) is 0 Å². The summed E-state index contributed by atoms with van der Waals surface area (Å²) in [5, 5.41) is 30.9. The van der Waals surface area contributed by atoms with Gasteiger partial charge in [-0.05, 0) is 94.7 Å². The number of esters is 1. The minimum absolute atomic E-state index is 0.142. The maximum absolute atomic E-state index is 13.6. The Morgan fingerprint density at radius 1 is 1.10 bits per heavy atom. The molecule has 0 aliphatic carbocycles. The van der Waals surface area contributed by atoms with Gasteiger partial charge in [-0.25, -0.2) is 4.79 Å². The van der Waals surface area contributed by atoms with Crippen molar-refractivity contribution >= 4 is 11.9 Å². The quantitative estimate of drug-likeness (QED) is 0.396. The maximum Gasteiger partial charge on any atom is 0.339 e. The lowest BCUT2D eigenvalue weighted by Crippen LogP contribution is -2.46. The van der Waals surface area contributed by atoms with Gasteiger partial charge in [-0.2, -0.15) is 0 Å². The molecule has 39 heavy (non-hydrogen) atoms. The molecule has 0 saturated heterocycles. The number of allylic oxidation sites excluding steroid dienone is 1. The first kappa shape index (κ1) is 29.2. The second-order valence-electron chi connectivity index (χ2n) is 11.5. The molecule has 4 atom stereocenters. The van der Waals surface area contributed by atoms with Crippen molar-refractivity contribution in [2.75, 3.05) is 33.5 Å². The lowest BCUT2D eigenvalue weighted by atomic mass is 9.86. The summed E-state index contributed by atoms with van der Waals surface area (Å²) in [6, 6.07) is 3.93. The van der Waals surface area contributed by atoms with Gasteiger partial charge in [0.15, 0.2) is 23.2 Å². The highest BCUT2D eigenvalue weighted by Gasteiger charge is 2.44. The van der Waals surface area contributed by atoms with Gasteiger partial charge in [0.2, 0.25) is 6.79 Å². The maximum atomic E-state index is 13.6. The predicted molar refractivity (Wildman–Crippen MR) is 142 cm³/mol. The molecular weight excluding hydrogens is 506 g/mol. The summed E-state index contributed by atoms with van der Waals surface area (Å²) in [5.41, 5.74) is -1.26. The Morgan fingerprint density at radius 3 is 2.54 bits per heavy atom. The summed E-state index contributed by atoms with van der Waals surface area (Å²) in [6.45, 7) is 5.70. The van der Waals surface area contributed by atoms with Crippen LogP contribution < -0.4 is 9.47 Å². The fourth-order valence-electron chi connectivity index (χ4n) is 5.70. The Morgan fingerprint density at radius 2 is 1.85 bits per heavy atom. The minimum Gasteiger partial charge on any atom is -0.497 e. The van der Waals surface area contributed by atoms with Gasteiger partial charge in [-0.15, -0.1) is 0 Å². The van der Waals surface area contributed by atoms with Crippen molar-refractivity contribution in [2.45, 2.75) is 88.4 Å². The first-order chi connectivity index (χ1) is 18.5. The molecule has 0 saturated carbocycles. The van der Waals surface area contributed by atoms with Crippen LogP contribution in [-0.2, 0) is 25.5 Å². The number of carbonyl (C=O) groups is 2. The van der Waals surface area contributed by atoms with E-state index in [0.717, 1.165) is 49.9 Å². The van der Waals surface area contributed by atoms with Crippen LogP contribution in [0.3, 0.4) is 0 Å². The van der Waals surface area contributed by atoms with E-state index in [2.05, 4.69) is 4.90 Å². The molecule has 10 nitrogen and oxygen atoms in total. The molecule has 0 radical (unpaired) electrons. The van der Waals surface area contributed by atoms with Crippen molar-refractivity contribution in [3.05, 3.63) is 35.1 Å². The van der Waals surface area contributed by atoms with Crippen LogP contribution >= 0.6 is 0 Å². The summed E-state index contributed by atoms with van der Waals surface area (Å²) in [7, 11) is 1.53. The number of aliphatic carboxylic acids is 1. The Bertz CT molecular complexity index is 1080. The summed E-state index contributed by atoms with van der Waals surface area (Å²) < 4.78 is 23.1. The van der Waals surface area contributed by atoms with Crippen LogP contribution in [0.5, 0.6) is 11.5 Å². The Balaban J connectivity index is 1.71. The predicted octanol–water partition coefficient (Wildman–Crippen LogP) is 3.13. The zero-order valence-corrected chi connectivity index (χ0v) is 23.1. The van der Waals surface area contributed by atoms with Crippen molar-refractivity contribution in [3.63, 3.8) is 0 Å². The number of hydrogen-bond donors (Lipinski definition) is 3. The van der Waals surface area contributed by atoms with Crippen LogP contribution in [0, 0.1) is 0 Å². The Hall–Kier alpha value is -2.82. The molecule has 216 valence electrons. The van der Waals surface area contributed by atoms with Gasteiger partial charge in [-0.1, -0.05) is 0 Å². The number of rotatable bonds is 9. The number of fused-ring (bicyclic) bond motifs is 5. The number of nitrogens with zero attached hydrogens (tertiary/aromatic N) is 1. The van der Waals surface area contributed by atoms with Gasteiger partial charge in [-0.3, -0.25) is 4.79 Å². The number of carbonyl (C=O) groups excluding carboxylic acids is 1. The van der Waals surface area contributed by atoms with Crippen LogP contribution in [0.1, 0.15) is 75.8 Å². The summed E-state index contributed by atoms with van der Waals surface area (Å²) in [6.07, 6.45) is 4.07. The Kier molecular flexibility index (Phi) is 9.08. The van der Waals surface area contributed by atoms with E-state index in [0.29, 0.717) is 23.8 Å². The van der Waals surface area contributed by atoms with Crippen molar-refractivity contribution in [1.29, 1.82) is 0 Å². The molecule has 0 amide bonds. The topological polar surface area (TPSA) is 135 Å². The number of methoxy groups -OCH3 is 1. The molecule has 10 heteroatoms. The van der Waals surface area contributed by atoms with E-state index < -0.39 is 35.7 Å². The van der Waals surface area contributed by atoms with E-state index >= 15 is 0 Å². The van der Waals surface area contributed by atoms with Crippen LogP contribution in [0.2, 0.25) is 0 Å². The third kappa shape index (κ3) is 7.23. The average Bonchev–Trinajstić information content (AvgIpc) is 3.24. The molecule has 3 aliphatic rings. The van der Waals surface area contributed by atoms with Gasteiger partial charge >= 0.3 is 11.9 Å². The van der Waals surface area contributed by atoms with Crippen molar-refractivity contribution in [2.24, 2.45) is 0 Å². The van der Waals surface area contributed by atoms with E-state index in [-0.39, 0.29) is 32.0 Å². The Labute approximate surface area is 229 Å². The van der Waals surface area contributed by atoms with Gasteiger partial charge in [0.25, 0.3) is 0 Å². The molecule has 0 aromatic heterocycles. The van der Waals surface area contributed by atoms with E-state index in [1.165, 1.54) is 7.11 Å². The van der Waals surface area contributed by atoms with Gasteiger partial charge in [0.05, 0.1) is 19.1 Å². The highest BCUT2D eigenvalue weighted by atomic mass is 16.7. The molecule has 3 heterocycles. The lowest BCUT2D eigenvalue weighted by Gasteiger charge is -2.35. The molecule has 4 rings (SSSR count). The number of benzene rings is 1. The fraction of sp³-hybridized carbons (Fsp3) is 0.655. The minimum atomic E-state index is -2.26. The third-order valence-electron chi connectivity index (χ3n) is 7.78. The normalized spacial score (nSPS) is 25.8. The standard InChI is InChI=1S/C29H41NO9/c1-28(2,34)10-7-11-29(35,16-25(31)32)27(33)39-26-21-17-30(12-6-4-5-8-22(26)36-3)13-9-19-14-23-24(15-20(19)21)38-18-37-23/h8,14-15,21,26,34-35H,4-7,9-13,16-18H2,1-3H3,(H,31,32)/b22-8+/t21-,26+,29-/m1/s1. The van der Waals surface area contributed by atoms with E-state index in [9.17, 15) is 24.9 Å². The van der Waals surface area contributed by atoms with E-state index in [1.807, 2.05) is 18.2 Å². The molecule has 1 aromatic carbocycles. The number of hydrogen-bond acceptors (Lipinski definition) is 9. The molecule has 0 fully saturated rings. The zero-order chi connectivity index (χ0) is 28.2. The highest BCUT2D eigenvalue weighted by molar-refractivity contribution is 5.85. The van der Waals surface area contributed by atoms with Gasteiger partial charge in [0.1, 0.15) is 5.76 Å². The highest BCUT2D eigenvalue weighted by Crippen LogP contribution is 2.42. The zero-order valence-electron chi connectivity index (χ0n) is 23.1. The number of carboxylic acids is 1. The first-order valence-corrected chi connectivity index (χ1v) is 13.8. The second-order valence-corrected chi connectivity index (χ2v) is 11.5. The monoisotopic (exact) mass is 547 g/mol. The molecule has 3 N–H and O–H groups in total. The fourth-order valence-corrected chi connectivity index (χ4v) is 5.70. The lowest BCUT2D eigenvalue weighted by molar-refractivity contribution is -0.178. The summed E-state index contributed by atoms with van der Waals surface area (Å²) in [5.74, 6) is -0.899. The van der Waals surface area contributed by atoms with Crippen LogP contribution in [-0.4, -0.2) is 83.0 Å². The average molecular weight is 548 g/mol. The van der Waals surface area contributed by atoms with Gasteiger partial charge < -0.3 is 39.2 Å². The SMILES string of the molecule is CO/C1=C/CCCCN2CCc3cc4c(cc3[C@@H](C2)[C@@H]1OC(=O)[C@@](O)(CCCC(C)(C)O)CC(=O)O)OCO4. The van der Waals surface area contributed by atoms with Crippen molar-refractivity contribution in [3.8, 4) is 11.5 Å². The molecule has 2 bridgehead atoms. The molecule has 3 aliphatic heterocycles. The van der Waals surface area contributed by atoms with Crippen molar-refractivity contribution < 1.29 is 43.9 Å². The number of ether oxygens (including phenoxy) is 4. The smallest absolute Gasteiger partial charge is 0.339 e. The van der Waals surface area contributed by atoms with E-state index in [1.54, 1.807) is 13.8 Å². The molecule has 1 unspecified atom stereocenters. The van der Waals surface area contributed by atoms with E-state index in [4.69, 9.17) is 18.9 Å². The molecular formula is C29H41NO9. The van der Waals surface area contributed by atoms with Crippen LogP contribution in [0.15, 0.2) is 24.0 Å². The molecule has 1 aromatic rings. The first-order valence-electron chi connectivity index (χ1n) is 13.8. The number of aliphatic hydroxyl groups is 2. The third-order valence-corrected chi connectivity index (χ3v) is 7.78. The van der Waals surface area contributed by atoms with Crippen molar-refractivity contribution in [1.82, 2.24) is 4.90 Å². The largest absolute Gasteiger partial charge is 0.497 e. The molecule has 0 spiro atoms.